The van der Waals surface area contributed by atoms with Crippen molar-refractivity contribution < 1.29 is 8.42 Å². The van der Waals surface area contributed by atoms with Crippen molar-refractivity contribution in [2.75, 3.05) is 6.54 Å². The number of nitrogens with one attached hydrogen (secondary N) is 2. The Morgan fingerprint density at radius 3 is 2.59 bits per heavy atom. The molecule has 4 nitrogen and oxygen atoms in total. The topological polar surface area (TPSA) is 58.2 Å². The van der Waals surface area contributed by atoms with Gasteiger partial charge in [-0.25, -0.2) is 13.1 Å². The molecule has 0 aliphatic rings. The Labute approximate surface area is 107 Å². The third kappa shape index (κ3) is 4.06. The van der Waals surface area contributed by atoms with E-state index in [1.54, 1.807) is 13.0 Å². The van der Waals surface area contributed by atoms with Crippen LogP contribution in [0.25, 0.3) is 0 Å². The molecule has 1 rings (SSSR count). The van der Waals surface area contributed by atoms with Crippen LogP contribution in [0, 0.1) is 6.92 Å². The molecule has 0 amide bonds. The number of hydrogen-bond acceptors (Lipinski definition) is 4. The summed E-state index contributed by atoms with van der Waals surface area (Å²) in [5, 5.41) is 3.29. The molecule has 1 aromatic heterocycles. The Hall–Kier alpha value is -0.430. The van der Waals surface area contributed by atoms with Gasteiger partial charge in [-0.1, -0.05) is 20.8 Å². The maximum Gasteiger partial charge on any atom is 0.250 e. The number of aryl methyl sites for hydroxylation is 1. The largest absolute Gasteiger partial charge is 0.310 e. The van der Waals surface area contributed by atoms with E-state index in [2.05, 4.69) is 23.9 Å². The van der Waals surface area contributed by atoms with E-state index in [0.29, 0.717) is 16.8 Å². The molecule has 1 aromatic rings. The van der Waals surface area contributed by atoms with Gasteiger partial charge in [-0.05, 0) is 18.6 Å². The van der Waals surface area contributed by atoms with Crippen molar-refractivity contribution in [1.29, 1.82) is 0 Å². The Morgan fingerprint density at radius 2 is 2.06 bits per heavy atom. The Balaban J connectivity index is 2.88. The minimum absolute atomic E-state index is 0.394. The van der Waals surface area contributed by atoms with Gasteiger partial charge in [0.2, 0.25) is 10.0 Å². The van der Waals surface area contributed by atoms with Crippen LogP contribution in [0.2, 0.25) is 0 Å². The number of hydrogen-bond donors (Lipinski definition) is 2. The SMILES string of the molecule is CCNS(=O)(=O)c1cc(C)c(CNC(C)C)s1. The quantitative estimate of drug-likeness (QED) is 0.833. The molecule has 1 heterocycles. The molecule has 0 aliphatic heterocycles. The molecule has 0 aliphatic carbocycles. The number of thiophene rings is 1. The summed E-state index contributed by atoms with van der Waals surface area (Å²) >= 11 is 1.34. The minimum atomic E-state index is -3.31. The van der Waals surface area contributed by atoms with Crippen LogP contribution in [0.5, 0.6) is 0 Å². The van der Waals surface area contributed by atoms with E-state index in [4.69, 9.17) is 0 Å². The summed E-state index contributed by atoms with van der Waals surface area (Å²) in [6, 6.07) is 2.13. The predicted molar refractivity (Wildman–Crippen MR) is 71.9 cm³/mol. The Kier molecular flexibility index (Phi) is 5.12. The van der Waals surface area contributed by atoms with E-state index >= 15 is 0 Å². The normalized spacial score (nSPS) is 12.3. The Morgan fingerprint density at radius 1 is 1.41 bits per heavy atom. The first-order valence-corrected chi connectivity index (χ1v) is 7.99. The summed E-state index contributed by atoms with van der Waals surface area (Å²) in [6.45, 7) is 8.99. The second-order valence-corrected chi connectivity index (χ2v) is 7.34. The first kappa shape index (κ1) is 14.6. The minimum Gasteiger partial charge on any atom is -0.310 e. The van der Waals surface area contributed by atoms with Crippen LogP contribution in [-0.2, 0) is 16.6 Å². The molecule has 0 aromatic carbocycles. The molecule has 0 fully saturated rings. The second-order valence-electron chi connectivity index (χ2n) is 4.21. The van der Waals surface area contributed by atoms with Crippen LogP contribution < -0.4 is 10.0 Å². The number of rotatable bonds is 6. The van der Waals surface area contributed by atoms with Crippen LogP contribution in [-0.4, -0.2) is 21.0 Å². The van der Waals surface area contributed by atoms with Crippen molar-refractivity contribution in [2.45, 2.75) is 44.5 Å². The third-order valence-electron chi connectivity index (χ3n) is 2.27. The second kappa shape index (κ2) is 5.95. The molecule has 0 atom stereocenters. The zero-order valence-electron chi connectivity index (χ0n) is 10.7. The average Bonchev–Trinajstić information content (AvgIpc) is 2.57. The van der Waals surface area contributed by atoms with Crippen molar-refractivity contribution >= 4 is 21.4 Å². The van der Waals surface area contributed by atoms with E-state index in [1.807, 2.05) is 6.92 Å². The summed E-state index contributed by atoms with van der Waals surface area (Å²) in [5.74, 6) is 0. The predicted octanol–water partition coefficient (Wildman–Crippen LogP) is 1.85. The van der Waals surface area contributed by atoms with Gasteiger partial charge in [0.15, 0.2) is 0 Å². The highest BCUT2D eigenvalue weighted by atomic mass is 32.2. The van der Waals surface area contributed by atoms with Gasteiger partial charge in [0.05, 0.1) is 0 Å². The fourth-order valence-electron chi connectivity index (χ4n) is 1.35. The number of sulfonamides is 1. The van der Waals surface area contributed by atoms with Gasteiger partial charge in [-0.2, -0.15) is 0 Å². The van der Waals surface area contributed by atoms with Crippen molar-refractivity contribution in [3.05, 3.63) is 16.5 Å². The third-order valence-corrected chi connectivity index (χ3v) is 5.52. The van der Waals surface area contributed by atoms with Crippen molar-refractivity contribution in [3.63, 3.8) is 0 Å². The lowest BCUT2D eigenvalue weighted by Gasteiger charge is -2.06. The fraction of sp³-hybridized carbons (Fsp3) is 0.636. The van der Waals surface area contributed by atoms with Gasteiger partial charge in [0, 0.05) is 24.0 Å². The molecular formula is C11H20N2O2S2. The van der Waals surface area contributed by atoms with Crippen LogP contribution in [0.1, 0.15) is 31.2 Å². The molecule has 6 heteroatoms. The Bertz CT molecular complexity index is 464. The van der Waals surface area contributed by atoms with Crippen LogP contribution in [0.4, 0.5) is 0 Å². The molecule has 98 valence electrons. The van der Waals surface area contributed by atoms with E-state index < -0.39 is 10.0 Å². The van der Waals surface area contributed by atoms with Gasteiger partial charge in [-0.15, -0.1) is 11.3 Å². The lowest BCUT2D eigenvalue weighted by atomic mass is 10.3. The summed E-state index contributed by atoms with van der Waals surface area (Å²) in [4.78, 5) is 1.08. The standard InChI is InChI=1S/C11H20N2O2S2/c1-5-13-17(14,15)11-6-9(4)10(16-11)7-12-8(2)3/h6,8,12-13H,5,7H2,1-4H3. The molecule has 0 spiro atoms. The van der Waals surface area contributed by atoms with Crippen molar-refractivity contribution in [1.82, 2.24) is 10.0 Å². The fourth-order valence-corrected chi connectivity index (χ4v) is 3.98. The lowest BCUT2D eigenvalue weighted by Crippen LogP contribution is -2.22. The highest BCUT2D eigenvalue weighted by Gasteiger charge is 2.17. The van der Waals surface area contributed by atoms with E-state index in [9.17, 15) is 8.42 Å². The molecular weight excluding hydrogens is 256 g/mol. The van der Waals surface area contributed by atoms with Gasteiger partial charge < -0.3 is 5.32 Å². The molecule has 0 radical (unpaired) electrons. The summed E-state index contributed by atoms with van der Waals surface area (Å²) < 4.78 is 26.5. The zero-order valence-corrected chi connectivity index (χ0v) is 12.3. The van der Waals surface area contributed by atoms with E-state index in [0.717, 1.165) is 17.0 Å². The smallest absolute Gasteiger partial charge is 0.250 e. The van der Waals surface area contributed by atoms with Crippen LogP contribution in [0.15, 0.2) is 10.3 Å². The van der Waals surface area contributed by atoms with Gasteiger partial charge in [0.25, 0.3) is 0 Å². The first-order valence-electron chi connectivity index (χ1n) is 5.69. The van der Waals surface area contributed by atoms with E-state index in [-0.39, 0.29) is 0 Å². The maximum absolute atomic E-state index is 11.8. The molecule has 0 saturated heterocycles. The summed E-state index contributed by atoms with van der Waals surface area (Å²) in [7, 11) is -3.31. The van der Waals surface area contributed by atoms with Gasteiger partial charge >= 0.3 is 0 Å². The monoisotopic (exact) mass is 276 g/mol. The molecule has 17 heavy (non-hydrogen) atoms. The molecule has 0 unspecified atom stereocenters. The first-order chi connectivity index (χ1) is 7.86. The zero-order chi connectivity index (χ0) is 13.1. The van der Waals surface area contributed by atoms with Crippen LogP contribution in [0.3, 0.4) is 0 Å². The summed E-state index contributed by atoms with van der Waals surface area (Å²) in [5.41, 5.74) is 1.03. The van der Waals surface area contributed by atoms with Crippen molar-refractivity contribution in [2.24, 2.45) is 0 Å². The maximum atomic E-state index is 11.8. The van der Waals surface area contributed by atoms with Crippen molar-refractivity contribution in [3.8, 4) is 0 Å². The van der Waals surface area contributed by atoms with Crippen LogP contribution >= 0.6 is 11.3 Å². The molecule has 0 bridgehead atoms. The highest BCUT2D eigenvalue weighted by molar-refractivity contribution is 7.91. The molecule has 0 saturated carbocycles. The summed E-state index contributed by atoms with van der Waals surface area (Å²) in [6.07, 6.45) is 0. The average molecular weight is 276 g/mol. The van der Waals surface area contributed by atoms with E-state index in [1.165, 1.54) is 11.3 Å². The highest BCUT2D eigenvalue weighted by Crippen LogP contribution is 2.25. The molecule has 2 N–H and O–H groups in total. The lowest BCUT2D eigenvalue weighted by molar-refractivity contribution is 0.586. The van der Waals surface area contributed by atoms with Gasteiger partial charge in [-0.3, -0.25) is 0 Å². The van der Waals surface area contributed by atoms with Gasteiger partial charge in [0.1, 0.15) is 4.21 Å².